The molecule has 0 spiro atoms. The molecule has 1 aliphatic heterocycles. The smallest absolute Gasteiger partial charge is 0.271 e. The Labute approximate surface area is 193 Å². The van der Waals surface area contributed by atoms with Crippen LogP contribution < -0.4 is 0 Å². The molecule has 4 aromatic rings. The number of nitriles is 1. The van der Waals surface area contributed by atoms with E-state index in [0.29, 0.717) is 34.0 Å². The number of carbonyl (C=O) groups excluding carboxylic acids is 2. The van der Waals surface area contributed by atoms with Gasteiger partial charge in [-0.15, -0.1) is 11.3 Å². The second kappa shape index (κ2) is 8.04. The molecule has 4 heterocycles. The van der Waals surface area contributed by atoms with Crippen LogP contribution in [0.25, 0.3) is 33.8 Å². The van der Waals surface area contributed by atoms with Gasteiger partial charge in [0.15, 0.2) is 11.2 Å². The van der Waals surface area contributed by atoms with E-state index in [9.17, 15) is 14.9 Å². The van der Waals surface area contributed by atoms with Gasteiger partial charge >= 0.3 is 0 Å². The van der Waals surface area contributed by atoms with Gasteiger partial charge in [0.2, 0.25) is 5.89 Å². The number of rotatable bonds is 4. The Morgan fingerprint density at radius 2 is 1.94 bits per heavy atom. The Kier molecular flexibility index (Phi) is 5.04. The molecule has 0 saturated heterocycles. The summed E-state index contributed by atoms with van der Waals surface area (Å²) >= 11 is 1.54. The summed E-state index contributed by atoms with van der Waals surface area (Å²) in [6, 6.07) is 17.3. The summed E-state index contributed by atoms with van der Waals surface area (Å²) in [6.07, 6.45) is 1.69. The van der Waals surface area contributed by atoms with Crippen molar-refractivity contribution < 1.29 is 14.0 Å². The molecule has 0 N–H and O–H groups in total. The second-order valence-electron chi connectivity index (χ2n) is 7.45. The van der Waals surface area contributed by atoms with Crippen LogP contribution in [0.2, 0.25) is 0 Å². The monoisotopic (exact) mass is 454 g/mol. The van der Waals surface area contributed by atoms with E-state index in [4.69, 9.17) is 9.40 Å². The van der Waals surface area contributed by atoms with Gasteiger partial charge in [0.25, 0.3) is 11.8 Å². The molecule has 8 heteroatoms. The molecule has 1 aliphatic rings. The Morgan fingerprint density at radius 1 is 1.15 bits per heavy atom. The number of carbonyl (C=O) groups is 2. The first-order valence-electron chi connectivity index (χ1n) is 10.3. The van der Waals surface area contributed by atoms with Gasteiger partial charge in [-0.2, -0.15) is 10.2 Å². The summed E-state index contributed by atoms with van der Waals surface area (Å²) in [7, 11) is 0. The Morgan fingerprint density at radius 3 is 2.61 bits per heavy atom. The van der Waals surface area contributed by atoms with Crippen LogP contribution in [0.4, 0.5) is 0 Å². The number of benzene rings is 1. The number of oxazole rings is 1. The molecule has 0 atom stereocenters. The summed E-state index contributed by atoms with van der Waals surface area (Å²) < 4.78 is 7.94. The van der Waals surface area contributed by atoms with Gasteiger partial charge in [-0.05, 0) is 49.1 Å². The standard InChI is InChI=1S/C25H18N4O3S/c1-3-28-24(30)18(15(2)19(14-26)25(28)31)12-17-13-20-22(29(17)16-8-5-4-6-9-16)27-23(32-20)21-10-7-11-33-21/h4-13H,3H2,1-2H3/b18-12-. The average molecular weight is 455 g/mol. The molecule has 33 heavy (non-hydrogen) atoms. The third kappa shape index (κ3) is 3.30. The fourth-order valence-corrected chi connectivity index (χ4v) is 4.57. The van der Waals surface area contributed by atoms with E-state index in [1.165, 1.54) is 11.3 Å². The maximum atomic E-state index is 13.1. The van der Waals surface area contributed by atoms with Crippen LogP contribution in [0, 0.1) is 11.3 Å². The largest absolute Gasteiger partial charge is 0.434 e. The van der Waals surface area contributed by atoms with E-state index in [1.54, 1.807) is 19.9 Å². The molecule has 162 valence electrons. The lowest BCUT2D eigenvalue weighted by Crippen LogP contribution is -2.42. The first-order chi connectivity index (χ1) is 16.0. The second-order valence-corrected chi connectivity index (χ2v) is 8.40. The van der Waals surface area contributed by atoms with Crippen LogP contribution in [-0.4, -0.2) is 32.8 Å². The lowest BCUT2D eigenvalue weighted by Gasteiger charge is -2.26. The van der Waals surface area contributed by atoms with Gasteiger partial charge in [0.1, 0.15) is 11.6 Å². The zero-order valence-electron chi connectivity index (χ0n) is 17.9. The minimum atomic E-state index is -0.561. The van der Waals surface area contributed by atoms with Gasteiger partial charge in [-0.3, -0.25) is 19.1 Å². The number of thiophene rings is 1. The lowest BCUT2D eigenvalue weighted by molar-refractivity contribution is -0.140. The van der Waals surface area contributed by atoms with E-state index >= 15 is 0 Å². The van der Waals surface area contributed by atoms with E-state index in [1.807, 2.05) is 64.5 Å². The molecule has 1 aromatic carbocycles. The highest BCUT2D eigenvalue weighted by Gasteiger charge is 2.34. The van der Waals surface area contributed by atoms with Crippen LogP contribution >= 0.6 is 11.3 Å². The summed E-state index contributed by atoms with van der Waals surface area (Å²) in [5.74, 6) is -0.462. The SMILES string of the molecule is CCN1C(=O)C(C#N)=C(C)/C(=C/c2cc3oc(-c4cccs4)nc3n2-c2ccccc2)C1=O. The Hall–Kier alpha value is -4.22. The van der Waals surface area contributed by atoms with E-state index in [-0.39, 0.29) is 12.1 Å². The first kappa shape index (κ1) is 20.7. The van der Waals surface area contributed by atoms with Gasteiger partial charge in [-0.1, -0.05) is 24.3 Å². The van der Waals surface area contributed by atoms with Gasteiger partial charge < -0.3 is 4.42 Å². The number of nitrogens with zero attached hydrogens (tertiary/aromatic N) is 4. The topological polar surface area (TPSA) is 92.1 Å². The highest BCUT2D eigenvalue weighted by atomic mass is 32.1. The Balaban J connectivity index is 1.74. The maximum absolute atomic E-state index is 13.1. The summed E-state index contributed by atoms with van der Waals surface area (Å²) in [5.41, 5.74) is 3.32. The van der Waals surface area contributed by atoms with Crippen LogP contribution in [0.3, 0.4) is 0 Å². The average Bonchev–Trinajstić information content (AvgIpc) is 3.54. The number of fused-ring (bicyclic) bond motifs is 1. The van der Waals surface area contributed by atoms with Crippen LogP contribution in [0.5, 0.6) is 0 Å². The van der Waals surface area contributed by atoms with Gasteiger partial charge in [0.05, 0.1) is 10.6 Å². The molecule has 0 bridgehead atoms. The van der Waals surface area contributed by atoms with E-state index in [0.717, 1.165) is 15.5 Å². The van der Waals surface area contributed by atoms with Crippen LogP contribution in [0.1, 0.15) is 19.5 Å². The van der Waals surface area contributed by atoms with Crippen molar-refractivity contribution in [3.63, 3.8) is 0 Å². The number of para-hydroxylation sites is 1. The molecule has 2 amide bonds. The number of imide groups is 1. The fraction of sp³-hybridized carbons (Fsp3) is 0.120. The van der Waals surface area contributed by atoms with Crippen LogP contribution in [-0.2, 0) is 9.59 Å². The fourth-order valence-electron chi connectivity index (χ4n) is 3.92. The highest BCUT2D eigenvalue weighted by Crippen LogP contribution is 2.34. The van der Waals surface area contributed by atoms with E-state index in [2.05, 4.69) is 0 Å². The molecule has 0 saturated carbocycles. The van der Waals surface area contributed by atoms with Crippen molar-refractivity contribution in [1.82, 2.24) is 14.5 Å². The predicted octanol–water partition coefficient (Wildman–Crippen LogP) is 4.96. The summed E-state index contributed by atoms with van der Waals surface area (Å²) in [5, 5.41) is 11.5. The highest BCUT2D eigenvalue weighted by molar-refractivity contribution is 7.13. The number of hydrogen-bond acceptors (Lipinski definition) is 6. The van der Waals surface area contributed by atoms with Crippen molar-refractivity contribution in [3.8, 4) is 22.5 Å². The number of aromatic nitrogens is 2. The van der Waals surface area contributed by atoms with Crippen molar-refractivity contribution in [1.29, 1.82) is 5.26 Å². The molecule has 0 radical (unpaired) electrons. The van der Waals surface area contributed by atoms with Crippen molar-refractivity contribution in [2.75, 3.05) is 6.54 Å². The molecule has 3 aromatic heterocycles. The zero-order valence-corrected chi connectivity index (χ0v) is 18.7. The third-order valence-corrected chi connectivity index (χ3v) is 6.42. The van der Waals surface area contributed by atoms with Crippen molar-refractivity contribution in [3.05, 3.63) is 76.3 Å². The maximum Gasteiger partial charge on any atom is 0.271 e. The molecule has 0 aliphatic carbocycles. The normalized spacial score (nSPS) is 15.7. The van der Waals surface area contributed by atoms with Crippen LogP contribution in [0.15, 0.2) is 75.0 Å². The number of likely N-dealkylation sites (N-methyl/N-ethyl adjacent to an activating group) is 1. The molecule has 5 rings (SSSR count). The summed E-state index contributed by atoms with van der Waals surface area (Å²) in [4.78, 5) is 32.3. The van der Waals surface area contributed by atoms with Crippen molar-refractivity contribution >= 4 is 40.5 Å². The van der Waals surface area contributed by atoms with Crippen molar-refractivity contribution in [2.45, 2.75) is 13.8 Å². The van der Waals surface area contributed by atoms with Gasteiger partial charge in [0, 0.05) is 23.9 Å². The number of amides is 2. The quantitative estimate of drug-likeness (QED) is 0.321. The van der Waals surface area contributed by atoms with E-state index < -0.39 is 11.8 Å². The lowest BCUT2D eigenvalue weighted by atomic mass is 9.94. The molecule has 7 nitrogen and oxygen atoms in total. The molecule has 0 fully saturated rings. The minimum Gasteiger partial charge on any atom is -0.434 e. The molecular weight excluding hydrogens is 436 g/mol. The Bertz CT molecular complexity index is 1500. The van der Waals surface area contributed by atoms with Crippen molar-refractivity contribution in [2.24, 2.45) is 0 Å². The zero-order chi connectivity index (χ0) is 23.1. The van der Waals surface area contributed by atoms with Gasteiger partial charge in [-0.25, -0.2) is 0 Å². The minimum absolute atomic E-state index is 0.0256. The summed E-state index contributed by atoms with van der Waals surface area (Å²) in [6.45, 7) is 3.51. The predicted molar refractivity (Wildman–Crippen MR) is 125 cm³/mol. The molecule has 0 unspecified atom stereocenters. The number of hydrogen-bond donors (Lipinski definition) is 0. The molecular formula is C25H18N4O3S. The third-order valence-electron chi connectivity index (χ3n) is 5.56. The first-order valence-corrected chi connectivity index (χ1v) is 11.2.